The summed E-state index contributed by atoms with van der Waals surface area (Å²) in [6, 6.07) is 0. The van der Waals surface area contributed by atoms with E-state index < -0.39 is 0 Å². The second-order valence-corrected chi connectivity index (χ2v) is 5.21. The Hall–Kier alpha value is -0.980. The Labute approximate surface area is 107 Å². The molecule has 0 amide bonds. The molecule has 0 radical (unpaired) electrons. The van der Waals surface area contributed by atoms with Gasteiger partial charge in [0.05, 0.1) is 19.3 Å². The molecule has 0 bridgehead atoms. The summed E-state index contributed by atoms with van der Waals surface area (Å²) >= 11 is 0. The average molecular weight is 252 g/mol. The molecule has 1 aromatic rings. The molecular weight excluding hydrogens is 232 g/mol. The second kappa shape index (κ2) is 5.34. The summed E-state index contributed by atoms with van der Waals surface area (Å²) in [6.45, 7) is 4.30. The zero-order valence-corrected chi connectivity index (χ0v) is 10.8. The van der Waals surface area contributed by atoms with Crippen LogP contribution in [0.4, 0.5) is 0 Å². The fourth-order valence-corrected chi connectivity index (χ4v) is 2.17. The second-order valence-electron chi connectivity index (χ2n) is 5.21. The maximum Gasteiger partial charge on any atom is 0.229 e. The van der Waals surface area contributed by atoms with Gasteiger partial charge in [0.1, 0.15) is 0 Å². The average Bonchev–Trinajstić information content (AvgIpc) is 3.10. The number of morpholine rings is 1. The van der Waals surface area contributed by atoms with Gasteiger partial charge in [-0.25, -0.2) is 0 Å². The lowest BCUT2D eigenvalue weighted by molar-refractivity contribution is -0.0182. The van der Waals surface area contributed by atoms with E-state index in [9.17, 15) is 0 Å². The fourth-order valence-electron chi connectivity index (χ4n) is 2.17. The lowest BCUT2D eigenvalue weighted by Crippen LogP contribution is -2.44. The summed E-state index contributed by atoms with van der Waals surface area (Å²) in [5.74, 6) is 2.09. The van der Waals surface area contributed by atoms with Crippen LogP contribution in [0.2, 0.25) is 0 Å². The third kappa shape index (κ3) is 3.07. The van der Waals surface area contributed by atoms with E-state index in [1.807, 2.05) is 0 Å². The predicted octanol–water partition coefficient (Wildman–Crippen LogP) is 0.367. The normalized spacial score (nSPS) is 25.5. The molecule has 0 unspecified atom stereocenters. The lowest BCUT2D eigenvalue weighted by Gasteiger charge is -2.30. The molecule has 6 nitrogen and oxygen atoms in total. The smallest absolute Gasteiger partial charge is 0.229 e. The molecule has 2 aliphatic rings. The van der Waals surface area contributed by atoms with Crippen LogP contribution in [0.25, 0.3) is 0 Å². The van der Waals surface area contributed by atoms with Crippen LogP contribution in [0, 0.1) is 0 Å². The number of likely N-dealkylation sites (N-methyl/N-ethyl adjacent to an activating group) is 1. The van der Waals surface area contributed by atoms with Crippen LogP contribution >= 0.6 is 0 Å². The van der Waals surface area contributed by atoms with Crippen molar-refractivity contribution in [3.05, 3.63) is 11.7 Å². The summed E-state index contributed by atoms with van der Waals surface area (Å²) in [5.41, 5.74) is 0. The monoisotopic (exact) mass is 252 g/mol. The molecule has 1 saturated carbocycles. The number of aromatic nitrogens is 2. The van der Waals surface area contributed by atoms with Gasteiger partial charge in [-0.3, -0.25) is 0 Å². The van der Waals surface area contributed by atoms with Crippen molar-refractivity contribution in [3.63, 3.8) is 0 Å². The third-order valence-electron chi connectivity index (χ3n) is 3.41. The van der Waals surface area contributed by atoms with E-state index in [4.69, 9.17) is 9.26 Å². The van der Waals surface area contributed by atoms with Gasteiger partial charge >= 0.3 is 0 Å². The van der Waals surface area contributed by atoms with E-state index in [-0.39, 0.29) is 6.10 Å². The Morgan fingerprint density at radius 3 is 3.11 bits per heavy atom. The van der Waals surface area contributed by atoms with E-state index >= 15 is 0 Å². The van der Waals surface area contributed by atoms with Crippen molar-refractivity contribution in [2.75, 3.05) is 33.3 Å². The van der Waals surface area contributed by atoms with Crippen LogP contribution in [0.3, 0.4) is 0 Å². The SMILES string of the molecule is CN1CCO[C@H](CNCc2noc(C3CC3)n2)C1. The molecule has 3 rings (SSSR count). The highest BCUT2D eigenvalue weighted by atomic mass is 16.5. The number of ether oxygens (including phenoxy) is 1. The molecular formula is C12H20N4O2. The molecule has 6 heteroatoms. The minimum Gasteiger partial charge on any atom is -0.374 e. The summed E-state index contributed by atoms with van der Waals surface area (Å²) in [6.07, 6.45) is 2.65. The van der Waals surface area contributed by atoms with Crippen molar-refractivity contribution < 1.29 is 9.26 Å². The number of hydrogen-bond acceptors (Lipinski definition) is 6. The Morgan fingerprint density at radius 2 is 2.33 bits per heavy atom. The highest BCUT2D eigenvalue weighted by molar-refractivity contribution is 5.01. The van der Waals surface area contributed by atoms with E-state index in [1.54, 1.807) is 0 Å². The zero-order chi connectivity index (χ0) is 12.4. The van der Waals surface area contributed by atoms with Gasteiger partial charge in [0, 0.05) is 25.6 Å². The van der Waals surface area contributed by atoms with Crippen molar-refractivity contribution in [1.82, 2.24) is 20.4 Å². The molecule has 1 aromatic heterocycles. The van der Waals surface area contributed by atoms with Crippen LogP contribution < -0.4 is 5.32 Å². The fraction of sp³-hybridized carbons (Fsp3) is 0.833. The first-order chi connectivity index (χ1) is 8.81. The number of hydrogen-bond donors (Lipinski definition) is 1. The van der Waals surface area contributed by atoms with Gasteiger partial charge in [-0.15, -0.1) is 0 Å². The molecule has 0 aromatic carbocycles. The highest BCUT2D eigenvalue weighted by Crippen LogP contribution is 2.38. The van der Waals surface area contributed by atoms with Crippen molar-refractivity contribution in [2.45, 2.75) is 31.4 Å². The lowest BCUT2D eigenvalue weighted by atomic mass is 10.3. The third-order valence-corrected chi connectivity index (χ3v) is 3.41. The van der Waals surface area contributed by atoms with E-state index in [1.165, 1.54) is 12.8 Å². The van der Waals surface area contributed by atoms with Gasteiger partial charge in [-0.1, -0.05) is 5.16 Å². The van der Waals surface area contributed by atoms with Crippen LogP contribution in [0.1, 0.15) is 30.5 Å². The van der Waals surface area contributed by atoms with Crippen LogP contribution in [0.5, 0.6) is 0 Å². The van der Waals surface area contributed by atoms with Gasteiger partial charge in [-0.2, -0.15) is 4.98 Å². The van der Waals surface area contributed by atoms with Gasteiger partial charge < -0.3 is 19.5 Å². The standard InChI is InChI=1S/C12H20N4O2/c1-16-4-5-17-10(8-16)6-13-7-11-14-12(18-15-11)9-2-3-9/h9-10,13H,2-8H2,1H3/t10-/m1/s1. The van der Waals surface area contributed by atoms with Gasteiger partial charge in [-0.05, 0) is 19.9 Å². The van der Waals surface area contributed by atoms with Crippen molar-refractivity contribution in [3.8, 4) is 0 Å². The van der Waals surface area contributed by atoms with E-state index in [2.05, 4.69) is 27.4 Å². The molecule has 1 N–H and O–H groups in total. The first kappa shape index (κ1) is 12.1. The van der Waals surface area contributed by atoms with Crippen LogP contribution in [-0.4, -0.2) is 54.4 Å². The molecule has 1 aliphatic carbocycles. The summed E-state index contributed by atoms with van der Waals surface area (Å²) in [4.78, 5) is 6.67. The molecule has 1 atom stereocenters. The maximum absolute atomic E-state index is 5.67. The first-order valence-corrected chi connectivity index (χ1v) is 6.64. The first-order valence-electron chi connectivity index (χ1n) is 6.64. The van der Waals surface area contributed by atoms with Crippen molar-refractivity contribution in [1.29, 1.82) is 0 Å². The number of nitrogens with zero attached hydrogens (tertiary/aromatic N) is 3. The van der Waals surface area contributed by atoms with Crippen molar-refractivity contribution >= 4 is 0 Å². The predicted molar refractivity (Wildman–Crippen MR) is 65.2 cm³/mol. The number of rotatable bonds is 5. The quantitative estimate of drug-likeness (QED) is 0.816. The molecule has 18 heavy (non-hydrogen) atoms. The molecule has 100 valence electrons. The topological polar surface area (TPSA) is 63.4 Å². The van der Waals surface area contributed by atoms with Crippen LogP contribution in [0.15, 0.2) is 4.52 Å². The van der Waals surface area contributed by atoms with Gasteiger partial charge in [0.2, 0.25) is 5.89 Å². The van der Waals surface area contributed by atoms with Gasteiger partial charge in [0.15, 0.2) is 5.82 Å². The Bertz CT molecular complexity index is 391. The minimum absolute atomic E-state index is 0.263. The van der Waals surface area contributed by atoms with Crippen LogP contribution in [-0.2, 0) is 11.3 Å². The zero-order valence-electron chi connectivity index (χ0n) is 10.8. The molecule has 1 aliphatic heterocycles. The minimum atomic E-state index is 0.263. The van der Waals surface area contributed by atoms with Gasteiger partial charge in [0.25, 0.3) is 0 Å². The van der Waals surface area contributed by atoms with Crippen molar-refractivity contribution in [2.24, 2.45) is 0 Å². The molecule has 2 heterocycles. The summed E-state index contributed by atoms with van der Waals surface area (Å²) in [5, 5.41) is 7.30. The van der Waals surface area contributed by atoms with E-state index in [0.29, 0.717) is 12.5 Å². The number of nitrogens with one attached hydrogen (secondary N) is 1. The highest BCUT2D eigenvalue weighted by Gasteiger charge is 2.29. The molecule has 0 spiro atoms. The largest absolute Gasteiger partial charge is 0.374 e. The maximum atomic E-state index is 5.67. The van der Waals surface area contributed by atoms with E-state index in [0.717, 1.165) is 38.0 Å². The summed E-state index contributed by atoms with van der Waals surface area (Å²) < 4.78 is 10.9. The Balaban J connectivity index is 1.40. The Morgan fingerprint density at radius 1 is 1.44 bits per heavy atom. The molecule has 2 fully saturated rings. The Kier molecular flexibility index (Phi) is 3.58. The summed E-state index contributed by atoms with van der Waals surface area (Å²) in [7, 11) is 2.12. The molecule has 1 saturated heterocycles.